The third kappa shape index (κ3) is 3.17. The van der Waals surface area contributed by atoms with E-state index in [1.165, 1.54) is 49.5 Å². The van der Waals surface area contributed by atoms with Crippen molar-refractivity contribution in [2.24, 2.45) is 0 Å². The van der Waals surface area contributed by atoms with Crippen LogP contribution in [-0.4, -0.2) is 50.1 Å². The molecular formula is C17H15ClN2O5S. The fraction of sp³-hybridized carbons (Fsp3) is 0.235. The Morgan fingerprint density at radius 2 is 2.00 bits per heavy atom. The highest BCUT2D eigenvalue weighted by Crippen LogP contribution is 2.38. The number of rotatable bonds is 3. The molecule has 0 bridgehead atoms. The van der Waals surface area contributed by atoms with E-state index in [1.54, 1.807) is 6.07 Å². The van der Waals surface area contributed by atoms with Crippen molar-refractivity contribution in [3.63, 3.8) is 0 Å². The van der Waals surface area contributed by atoms with Crippen molar-refractivity contribution in [1.82, 2.24) is 9.88 Å². The quantitative estimate of drug-likeness (QED) is 0.740. The third-order valence-corrected chi connectivity index (χ3v) is 6.27. The van der Waals surface area contributed by atoms with Gasteiger partial charge in [0.25, 0.3) is 5.91 Å². The van der Waals surface area contributed by atoms with Crippen LogP contribution in [0.25, 0.3) is 0 Å². The molecule has 0 N–H and O–H groups in total. The summed E-state index contributed by atoms with van der Waals surface area (Å²) in [5.41, 5.74) is 0.792. The first-order valence-corrected chi connectivity index (χ1v) is 9.61. The van der Waals surface area contributed by atoms with E-state index in [9.17, 15) is 18.0 Å². The molecule has 0 radical (unpaired) electrons. The van der Waals surface area contributed by atoms with Gasteiger partial charge in [0.1, 0.15) is 5.69 Å². The Morgan fingerprint density at radius 3 is 2.62 bits per heavy atom. The number of hydrogen-bond donors (Lipinski definition) is 0. The topological polar surface area (TPSA) is 93.6 Å². The molecule has 136 valence electrons. The molecule has 3 rings (SSSR count). The van der Waals surface area contributed by atoms with Crippen molar-refractivity contribution in [3.8, 4) is 0 Å². The minimum Gasteiger partial charge on any atom is -0.465 e. The van der Waals surface area contributed by atoms with Crippen LogP contribution < -0.4 is 0 Å². The molecule has 1 aliphatic rings. The number of pyridine rings is 1. The zero-order chi connectivity index (χ0) is 19.1. The van der Waals surface area contributed by atoms with E-state index in [0.717, 1.165) is 0 Å². The lowest BCUT2D eigenvalue weighted by atomic mass is 10.1. The highest BCUT2D eigenvalue weighted by atomic mass is 35.5. The van der Waals surface area contributed by atoms with Crippen LogP contribution in [0.5, 0.6) is 0 Å². The van der Waals surface area contributed by atoms with Gasteiger partial charge in [-0.15, -0.1) is 0 Å². The fourth-order valence-electron chi connectivity index (χ4n) is 2.85. The zero-order valence-electron chi connectivity index (χ0n) is 14.0. The van der Waals surface area contributed by atoms with E-state index in [2.05, 4.69) is 9.72 Å². The molecule has 2 aromatic rings. The van der Waals surface area contributed by atoms with Gasteiger partial charge in [0.05, 0.1) is 29.4 Å². The fourth-order valence-corrected chi connectivity index (χ4v) is 4.86. The monoisotopic (exact) mass is 394 g/mol. The number of ether oxygens (including phenoxy) is 1. The van der Waals surface area contributed by atoms with Crippen LogP contribution in [0.4, 0.5) is 0 Å². The summed E-state index contributed by atoms with van der Waals surface area (Å²) >= 11 is 5.99. The molecule has 2 heterocycles. The number of carbonyl (C=O) groups excluding carboxylic acids is 2. The standard InChI is InChI=1S/C17H15ClN2O5S/c1-20(16(21)13-5-3-10(8-19-13)17(22)25-2)14-9-26(23,24)15-6-4-11(18)7-12(14)15/h3-8,14H,9H2,1-2H3/t14-/m1/s1. The lowest BCUT2D eigenvalue weighted by Gasteiger charge is -2.24. The molecule has 1 aromatic carbocycles. The predicted octanol–water partition coefficient (Wildman–Crippen LogP) is 2.12. The molecule has 9 heteroatoms. The number of hydrogen-bond acceptors (Lipinski definition) is 6. The van der Waals surface area contributed by atoms with Gasteiger partial charge in [-0.25, -0.2) is 13.2 Å². The van der Waals surface area contributed by atoms with Crippen LogP contribution in [-0.2, 0) is 14.6 Å². The number of amides is 1. The number of esters is 1. The van der Waals surface area contributed by atoms with Crippen molar-refractivity contribution >= 4 is 33.3 Å². The largest absolute Gasteiger partial charge is 0.465 e. The normalized spacial score (nSPS) is 17.4. The molecule has 0 saturated heterocycles. The molecule has 1 aliphatic heterocycles. The maximum absolute atomic E-state index is 12.7. The molecule has 0 unspecified atom stereocenters. The van der Waals surface area contributed by atoms with Gasteiger partial charge < -0.3 is 9.64 Å². The van der Waals surface area contributed by atoms with E-state index < -0.39 is 27.8 Å². The molecule has 0 spiro atoms. The number of aromatic nitrogens is 1. The molecule has 1 aromatic heterocycles. The Hall–Kier alpha value is -2.45. The first kappa shape index (κ1) is 18.3. The van der Waals surface area contributed by atoms with Gasteiger partial charge in [0.2, 0.25) is 0 Å². The summed E-state index contributed by atoms with van der Waals surface area (Å²) in [6.45, 7) is 0. The van der Waals surface area contributed by atoms with Crippen LogP contribution in [0.1, 0.15) is 32.5 Å². The Bertz CT molecular complexity index is 989. The molecule has 7 nitrogen and oxygen atoms in total. The summed E-state index contributed by atoms with van der Waals surface area (Å²) in [6.07, 6.45) is 1.24. The molecule has 1 amide bonds. The number of nitrogens with zero attached hydrogens (tertiary/aromatic N) is 2. The molecule has 0 saturated carbocycles. The second kappa shape index (κ2) is 6.69. The van der Waals surface area contributed by atoms with Gasteiger partial charge in [-0.05, 0) is 35.9 Å². The van der Waals surface area contributed by atoms with Crippen LogP contribution in [0.3, 0.4) is 0 Å². The maximum atomic E-state index is 12.7. The SMILES string of the molecule is COC(=O)c1ccc(C(=O)N(C)[C@@H]2CS(=O)(=O)c3ccc(Cl)cc32)nc1. The number of fused-ring (bicyclic) bond motifs is 1. The Kier molecular flexibility index (Phi) is 4.72. The van der Waals surface area contributed by atoms with Gasteiger partial charge in [-0.1, -0.05) is 11.6 Å². The number of halogens is 1. The lowest BCUT2D eigenvalue weighted by molar-refractivity contribution is 0.0598. The summed E-state index contributed by atoms with van der Waals surface area (Å²) in [5.74, 6) is -1.24. The van der Waals surface area contributed by atoms with Crippen molar-refractivity contribution in [2.75, 3.05) is 19.9 Å². The predicted molar refractivity (Wildman–Crippen MR) is 93.9 cm³/mol. The van der Waals surface area contributed by atoms with E-state index in [-0.39, 0.29) is 21.9 Å². The minimum atomic E-state index is -3.49. The minimum absolute atomic E-state index is 0.0908. The number of sulfone groups is 1. The second-order valence-electron chi connectivity index (χ2n) is 5.82. The van der Waals surface area contributed by atoms with Gasteiger partial charge in [0, 0.05) is 18.3 Å². The van der Waals surface area contributed by atoms with Gasteiger partial charge in [-0.3, -0.25) is 9.78 Å². The van der Waals surface area contributed by atoms with Gasteiger partial charge >= 0.3 is 5.97 Å². The first-order valence-electron chi connectivity index (χ1n) is 7.58. The molecule has 1 atom stereocenters. The lowest BCUT2D eigenvalue weighted by Crippen LogP contribution is -2.32. The highest BCUT2D eigenvalue weighted by Gasteiger charge is 2.39. The van der Waals surface area contributed by atoms with Gasteiger partial charge in [0.15, 0.2) is 9.84 Å². The highest BCUT2D eigenvalue weighted by molar-refractivity contribution is 7.91. The molecule has 0 fully saturated rings. The van der Waals surface area contributed by atoms with Crippen LogP contribution in [0.2, 0.25) is 5.02 Å². The van der Waals surface area contributed by atoms with Crippen LogP contribution >= 0.6 is 11.6 Å². The third-order valence-electron chi connectivity index (χ3n) is 4.23. The van der Waals surface area contributed by atoms with E-state index in [4.69, 9.17) is 11.6 Å². The van der Waals surface area contributed by atoms with Crippen molar-refractivity contribution in [2.45, 2.75) is 10.9 Å². The van der Waals surface area contributed by atoms with Crippen molar-refractivity contribution in [1.29, 1.82) is 0 Å². The molecular weight excluding hydrogens is 380 g/mol. The summed E-state index contributed by atoms with van der Waals surface area (Å²) in [5, 5.41) is 0.396. The number of carbonyl (C=O) groups is 2. The van der Waals surface area contributed by atoms with Crippen LogP contribution in [0.15, 0.2) is 41.4 Å². The smallest absolute Gasteiger partial charge is 0.339 e. The molecule has 0 aliphatic carbocycles. The maximum Gasteiger partial charge on any atom is 0.339 e. The van der Waals surface area contributed by atoms with E-state index in [0.29, 0.717) is 10.6 Å². The molecule has 26 heavy (non-hydrogen) atoms. The summed E-state index contributed by atoms with van der Waals surface area (Å²) in [4.78, 5) is 29.6. The summed E-state index contributed by atoms with van der Waals surface area (Å²) in [7, 11) is -0.731. The van der Waals surface area contributed by atoms with E-state index >= 15 is 0 Å². The first-order chi connectivity index (χ1) is 12.2. The summed E-state index contributed by atoms with van der Waals surface area (Å²) < 4.78 is 29.3. The Labute approximate surface area is 155 Å². The van der Waals surface area contributed by atoms with Gasteiger partial charge in [-0.2, -0.15) is 0 Å². The zero-order valence-corrected chi connectivity index (χ0v) is 15.5. The number of methoxy groups -OCH3 is 1. The number of benzene rings is 1. The average molecular weight is 395 g/mol. The Balaban J connectivity index is 1.90. The Morgan fingerprint density at radius 1 is 1.27 bits per heavy atom. The summed E-state index contributed by atoms with van der Waals surface area (Å²) in [6, 6.07) is 6.68. The second-order valence-corrected chi connectivity index (χ2v) is 8.26. The van der Waals surface area contributed by atoms with Crippen molar-refractivity contribution < 1.29 is 22.7 Å². The van der Waals surface area contributed by atoms with E-state index in [1.807, 2.05) is 0 Å². The van der Waals surface area contributed by atoms with Crippen molar-refractivity contribution in [3.05, 3.63) is 58.4 Å². The van der Waals surface area contributed by atoms with Crippen LogP contribution in [0, 0.1) is 0 Å². The average Bonchev–Trinajstić information content (AvgIpc) is 2.90.